The van der Waals surface area contributed by atoms with Gasteiger partial charge in [0, 0.05) is 6.20 Å². The molecule has 1 saturated heterocycles. The number of aromatic nitrogens is 2. The smallest absolute Gasteiger partial charge is 0.330 e. The van der Waals surface area contributed by atoms with E-state index in [1.165, 1.54) is 4.57 Å². The SMILES string of the molecule is CC(OCc1cn([C@@H]2O[C@H](CO[Si](C)(C)C(C)(C)C)[C@@H](O[Si](C)(C)C(C)(C)C)[C@H]2O[Si](C)(C)C(C)(C)C)c(=O)[nH]c1=O)c1ccccc1. The Bertz CT molecular complexity index is 1480. The van der Waals surface area contributed by atoms with Crippen molar-refractivity contribution in [3.05, 3.63) is 68.5 Å². The van der Waals surface area contributed by atoms with Crippen molar-refractivity contribution >= 4 is 25.0 Å². The Morgan fingerprint density at radius 3 is 1.79 bits per heavy atom. The molecular formula is C36H64N2O7Si3. The summed E-state index contributed by atoms with van der Waals surface area (Å²) in [7, 11) is -6.95. The average Bonchev–Trinajstić information content (AvgIpc) is 3.25. The minimum Gasteiger partial charge on any atom is -0.414 e. The van der Waals surface area contributed by atoms with Gasteiger partial charge in [-0.05, 0) is 66.9 Å². The lowest BCUT2D eigenvalue weighted by molar-refractivity contribution is -0.0514. The van der Waals surface area contributed by atoms with Crippen LogP contribution in [0.5, 0.6) is 0 Å². The van der Waals surface area contributed by atoms with Gasteiger partial charge in [-0.25, -0.2) is 4.79 Å². The molecule has 48 heavy (non-hydrogen) atoms. The first-order chi connectivity index (χ1) is 21.7. The molecule has 1 aromatic heterocycles. The summed E-state index contributed by atoms with van der Waals surface area (Å²) in [6, 6.07) is 9.83. The van der Waals surface area contributed by atoms with Gasteiger partial charge in [0.1, 0.15) is 18.3 Å². The molecule has 0 radical (unpaired) electrons. The van der Waals surface area contributed by atoms with Crippen molar-refractivity contribution in [1.29, 1.82) is 0 Å². The van der Waals surface area contributed by atoms with Crippen LogP contribution in [0.3, 0.4) is 0 Å². The van der Waals surface area contributed by atoms with Gasteiger partial charge >= 0.3 is 5.69 Å². The van der Waals surface area contributed by atoms with Crippen molar-refractivity contribution in [3.63, 3.8) is 0 Å². The molecule has 0 saturated carbocycles. The predicted molar refractivity (Wildman–Crippen MR) is 202 cm³/mol. The molecule has 1 unspecified atom stereocenters. The van der Waals surface area contributed by atoms with Crippen molar-refractivity contribution in [3.8, 4) is 0 Å². The van der Waals surface area contributed by atoms with Crippen LogP contribution in [0.15, 0.2) is 46.1 Å². The second-order valence-electron chi connectivity index (χ2n) is 18.0. The molecule has 12 heteroatoms. The lowest BCUT2D eigenvalue weighted by Gasteiger charge is -2.44. The molecule has 1 aliphatic heterocycles. The largest absolute Gasteiger partial charge is 0.414 e. The predicted octanol–water partition coefficient (Wildman–Crippen LogP) is 8.51. The summed E-state index contributed by atoms with van der Waals surface area (Å²) in [5, 5.41) is -0.191. The van der Waals surface area contributed by atoms with Gasteiger partial charge < -0.3 is 22.8 Å². The van der Waals surface area contributed by atoms with Gasteiger partial charge in [-0.15, -0.1) is 0 Å². The fraction of sp³-hybridized carbons (Fsp3) is 0.722. The average molecular weight is 721 g/mol. The summed E-state index contributed by atoms with van der Waals surface area (Å²) >= 11 is 0. The van der Waals surface area contributed by atoms with Crippen LogP contribution in [0, 0.1) is 0 Å². The molecule has 3 rings (SSSR count). The van der Waals surface area contributed by atoms with Gasteiger partial charge in [0.05, 0.1) is 24.9 Å². The van der Waals surface area contributed by atoms with Crippen LogP contribution in [-0.4, -0.2) is 59.4 Å². The first kappa shape index (κ1) is 40.8. The van der Waals surface area contributed by atoms with Crippen LogP contribution in [0.4, 0.5) is 0 Å². The van der Waals surface area contributed by atoms with Gasteiger partial charge in [0.2, 0.25) is 0 Å². The Morgan fingerprint density at radius 2 is 1.29 bits per heavy atom. The van der Waals surface area contributed by atoms with Crippen LogP contribution in [0.2, 0.25) is 54.4 Å². The molecule has 1 aromatic carbocycles. The fourth-order valence-electron chi connectivity index (χ4n) is 4.73. The molecule has 1 N–H and O–H groups in total. The van der Waals surface area contributed by atoms with Gasteiger partial charge in [-0.1, -0.05) is 92.6 Å². The first-order valence-electron chi connectivity index (χ1n) is 17.3. The molecule has 1 aliphatic rings. The van der Waals surface area contributed by atoms with E-state index in [2.05, 4.69) is 107 Å². The summed E-state index contributed by atoms with van der Waals surface area (Å²) in [6.45, 7) is 35.5. The van der Waals surface area contributed by atoms with Gasteiger partial charge in [-0.2, -0.15) is 0 Å². The molecule has 0 aliphatic carbocycles. The number of hydrogen-bond donors (Lipinski definition) is 1. The summed E-state index contributed by atoms with van der Waals surface area (Å²) in [5.41, 5.74) is 0.281. The van der Waals surface area contributed by atoms with E-state index in [9.17, 15) is 9.59 Å². The number of nitrogens with one attached hydrogen (secondary N) is 1. The Balaban J connectivity index is 2.13. The highest BCUT2D eigenvalue weighted by atomic mass is 28.4. The van der Waals surface area contributed by atoms with E-state index in [1.54, 1.807) is 6.20 Å². The Hall–Kier alpha value is -1.65. The van der Waals surface area contributed by atoms with Crippen LogP contribution in [0.1, 0.15) is 92.7 Å². The molecule has 0 spiro atoms. The van der Waals surface area contributed by atoms with Crippen molar-refractivity contribution in [2.45, 2.75) is 161 Å². The third kappa shape index (κ3) is 9.36. The van der Waals surface area contributed by atoms with E-state index in [4.69, 9.17) is 22.8 Å². The minimum absolute atomic E-state index is 0.000522. The van der Waals surface area contributed by atoms with Crippen LogP contribution in [0.25, 0.3) is 0 Å². The Kier molecular flexibility index (Phi) is 12.3. The molecule has 0 bridgehead atoms. The highest BCUT2D eigenvalue weighted by Gasteiger charge is 2.55. The molecule has 9 nitrogen and oxygen atoms in total. The fourth-order valence-corrected chi connectivity index (χ4v) is 8.35. The van der Waals surface area contributed by atoms with E-state index in [0.717, 1.165) is 5.56 Å². The summed E-state index contributed by atoms with van der Waals surface area (Å²) in [6.07, 6.45) is -1.13. The summed E-state index contributed by atoms with van der Waals surface area (Å²) in [5.74, 6) is 0. The minimum atomic E-state index is -2.42. The molecule has 0 amide bonds. The van der Waals surface area contributed by atoms with Crippen LogP contribution >= 0.6 is 0 Å². The zero-order chi connectivity index (χ0) is 36.7. The quantitative estimate of drug-likeness (QED) is 0.220. The zero-order valence-corrected chi connectivity index (χ0v) is 35.6. The van der Waals surface area contributed by atoms with Crippen molar-refractivity contribution in [2.24, 2.45) is 0 Å². The summed E-state index contributed by atoms with van der Waals surface area (Å²) < 4.78 is 35.6. The molecule has 2 aromatic rings. The van der Waals surface area contributed by atoms with E-state index < -0.39 is 60.7 Å². The topological polar surface area (TPSA) is 101 Å². The highest BCUT2D eigenvalue weighted by molar-refractivity contribution is 6.75. The first-order valence-corrected chi connectivity index (χ1v) is 26.1. The van der Waals surface area contributed by atoms with E-state index in [1.807, 2.05) is 37.3 Å². The Labute approximate surface area is 292 Å². The van der Waals surface area contributed by atoms with E-state index in [0.29, 0.717) is 12.2 Å². The number of H-pyrrole nitrogens is 1. The maximum atomic E-state index is 13.6. The zero-order valence-electron chi connectivity index (χ0n) is 32.6. The molecule has 1 fully saturated rings. The maximum Gasteiger partial charge on any atom is 0.330 e. The lowest BCUT2D eigenvalue weighted by atomic mass is 10.1. The third-order valence-electron chi connectivity index (χ3n) is 11.2. The van der Waals surface area contributed by atoms with Crippen LogP contribution < -0.4 is 11.2 Å². The van der Waals surface area contributed by atoms with Crippen molar-refractivity contribution in [1.82, 2.24) is 9.55 Å². The van der Waals surface area contributed by atoms with E-state index in [-0.39, 0.29) is 27.8 Å². The second-order valence-corrected chi connectivity index (χ2v) is 32.3. The summed E-state index contributed by atoms with van der Waals surface area (Å²) in [4.78, 5) is 29.3. The number of rotatable bonds is 12. The number of hydrogen-bond acceptors (Lipinski definition) is 7. The molecule has 5 atom stereocenters. The number of ether oxygens (including phenoxy) is 2. The standard InChI is InChI=1S/C36H64N2O7Si3/c1-25(26-20-18-17-19-21-26)41-23-27-22-38(33(40)37-31(27)39)32-30(45-48(15,16)36(8,9)10)29(44-47(13,14)35(5,6)7)28(43-32)24-42-46(11,12)34(2,3)4/h17-22,25,28-30,32H,23-24H2,1-16H3,(H,37,39,40)/t25?,28-,29-,30-,32-/m1/s1. The number of aromatic amines is 1. The third-order valence-corrected chi connectivity index (χ3v) is 24.7. The number of benzene rings is 1. The molecule has 2 heterocycles. The van der Waals surface area contributed by atoms with Crippen molar-refractivity contribution < 1.29 is 22.8 Å². The number of nitrogens with zero attached hydrogens (tertiary/aromatic N) is 1. The second kappa shape index (κ2) is 14.5. The van der Waals surface area contributed by atoms with E-state index >= 15 is 0 Å². The molecule has 272 valence electrons. The Morgan fingerprint density at radius 1 is 0.792 bits per heavy atom. The van der Waals surface area contributed by atoms with Crippen molar-refractivity contribution in [2.75, 3.05) is 6.61 Å². The van der Waals surface area contributed by atoms with Crippen LogP contribution in [-0.2, 0) is 29.4 Å². The monoisotopic (exact) mass is 720 g/mol. The van der Waals surface area contributed by atoms with Gasteiger partial charge in [0.25, 0.3) is 5.56 Å². The van der Waals surface area contributed by atoms with Gasteiger partial charge in [0.15, 0.2) is 31.2 Å². The normalized spacial score (nSPS) is 22.2. The maximum absolute atomic E-state index is 13.6. The molecular weight excluding hydrogens is 657 g/mol. The van der Waals surface area contributed by atoms with Gasteiger partial charge in [-0.3, -0.25) is 14.3 Å². The highest BCUT2D eigenvalue weighted by Crippen LogP contribution is 2.46. The lowest BCUT2D eigenvalue weighted by Crippen LogP contribution is -2.55.